The molecule has 4 aromatic rings. The Bertz CT molecular complexity index is 1430. The number of fused-ring (bicyclic) bond motifs is 2. The van der Waals surface area contributed by atoms with Crippen molar-refractivity contribution in [1.29, 1.82) is 0 Å². The first kappa shape index (κ1) is 32.2. The first-order chi connectivity index (χ1) is 21.5. The zero-order valence-corrected chi connectivity index (χ0v) is 27.7. The van der Waals surface area contributed by atoms with Gasteiger partial charge in [0.25, 0.3) is 0 Å². The molecule has 1 aliphatic carbocycles. The molecule has 0 radical (unpaired) electrons. The zero-order valence-electron chi connectivity index (χ0n) is 25.4. The lowest BCUT2D eigenvalue weighted by molar-refractivity contribution is 0.0719. The summed E-state index contributed by atoms with van der Waals surface area (Å²) in [4.78, 5) is 25.2. The number of piperidine rings is 1. The number of aryl methyl sites for hydroxylation is 3. The monoisotopic (exact) mass is 677 g/mol. The maximum Gasteiger partial charge on any atom is 0.409 e. The number of halogens is 2. The number of hydrogen-bond donors (Lipinski definition) is 0. The standard InChI is InChI=1S/C21H30N4O2.C14H11BrClN/c1-27-21(26)25-14-6-5-10-20(25)17-24(16-19-8-3-2-4-9-19)13-7-12-23-15-11-22-18-23;15-12-5-11-2-1-9-6-13(16)4-3-10(9)7-14(11)17-8-12/h2-4,8-9,11,15,18,20H,5-7,10,12-14,16-17H2,1H3;3-6,8H,1-2,7H2. The SMILES string of the molecule is COC(=O)N1CCCCC1CN(CCCn1ccnc1)Cc1ccccc1.Clc1ccc2c(c1)CCc1cc(Br)cnc1C2. The van der Waals surface area contributed by atoms with Gasteiger partial charge in [-0.15, -0.1) is 0 Å². The van der Waals surface area contributed by atoms with Crippen LogP contribution in [-0.4, -0.2) is 63.2 Å². The molecule has 1 fully saturated rings. The molecule has 0 spiro atoms. The van der Waals surface area contributed by atoms with Gasteiger partial charge in [-0.2, -0.15) is 0 Å². The van der Waals surface area contributed by atoms with Crippen LogP contribution in [0.3, 0.4) is 0 Å². The molecule has 232 valence electrons. The normalized spacial score (nSPS) is 15.9. The molecule has 1 atom stereocenters. The molecule has 2 aliphatic rings. The first-order valence-corrected chi connectivity index (χ1v) is 16.6. The van der Waals surface area contributed by atoms with Crippen molar-refractivity contribution in [1.82, 2.24) is 24.3 Å². The summed E-state index contributed by atoms with van der Waals surface area (Å²) in [5, 5.41) is 0.823. The Labute approximate surface area is 274 Å². The van der Waals surface area contributed by atoms with Crippen molar-refractivity contribution in [3.05, 3.63) is 117 Å². The van der Waals surface area contributed by atoms with Crippen LogP contribution in [0.15, 0.2) is 84.0 Å². The van der Waals surface area contributed by atoms with Gasteiger partial charge in [0, 0.05) is 79.0 Å². The van der Waals surface area contributed by atoms with Crippen LogP contribution in [0.2, 0.25) is 5.02 Å². The van der Waals surface area contributed by atoms with E-state index in [1.165, 1.54) is 41.5 Å². The molecular weight excluding hydrogens is 638 g/mol. The van der Waals surface area contributed by atoms with Crippen molar-refractivity contribution in [2.75, 3.05) is 26.7 Å². The number of aromatic nitrogens is 3. The summed E-state index contributed by atoms with van der Waals surface area (Å²) in [6, 6.07) is 19.1. The van der Waals surface area contributed by atoms with Crippen LogP contribution in [0.4, 0.5) is 4.79 Å². The molecule has 9 heteroatoms. The molecule has 7 nitrogen and oxygen atoms in total. The number of carbonyl (C=O) groups excluding carboxylic acids is 1. The van der Waals surface area contributed by atoms with E-state index in [0.717, 1.165) is 80.7 Å². The van der Waals surface area contributed by atoms with Crippen LogP contribution < -0.4 is 0 Å². The Morgan fingerprint density at radius 3 is 2.73 bits per heavy atom. The van der Waals surface area contributed by atoms with Crippen LogP contribution in [0.25, 0.3) is 0 Å². The van der Waals surface area contributed by atoms with Crippen LogP contribution >= 0.6 is 27.5 Å². The fraction of sp³-hybridized carbons (Fsp3) is 0.400. The molecule has 1 saturated heterocycles. The molecule has 0 saturated carbocycles. The van der Waals surface area contributed by atoms with Gasteiger partial charge in [0.2, 0.25) is 0 Å². The molecule has 3 heterocycles. The topological polar surface area (TPSA) is 63.5 Å². The number of carbonyl (C=O) groups is 1. The summed E-state index contributed by atoms with van der Waals surface area (Å²) in [6.07, 6.45) is 14.7. The quantitative estimate of drug-likeness (QED) is 0.192. The second-order valence-corrected chi connectivity index (χ2v) is 12.9. The number of benzene rings is 2. The van der Waals surface area contributed by atoms with E-state index in [9.17, 15) is 4.79 Å². The van der Waals surface area contributed by atoms with E-state index in [0.29, 0.717) is 0 Å². The van der Waals surface area contributed by atoms with E-state index in [1.54, 1.807) is 0 Å². The smallest absolute Gasteiger partial charge is 0.409 e. The maximum atomic E-state index is 12.2. The van der Waals surface area contributed by atoms with E-state index in [4.69, 9.17) is 16.3 Å². The van der Waals surface area contributed by atoms with Gasteiger partial charge in [0.1, 0.15) is 0 Å². The minimum absolute atomic E-state index is 0.197. The minimum Gasteiger partial charge on any atom is -0.453 e. The number of ether oxygens (including phenoxy) is 1. The second-order valence-electron chi connectivity index (χ2n) is 11.5. The van der Waals surface area contributed by atoms with Crippen molar-refractivity contribution in [2.45, 2.75) is 64.1 Å². The minimum atomic E-state index is -0.197. The molecule has 0 bridgehead atoms. The predicted molar refractivity (Wildman–Crippen MR) is 179 cm³/mol. The van der Waals surface area contributed by atoms with Crippen molar-refractivity contribution >= 4 is 33.6 Å². The van der Waals surface area contributed by atoms with Gasteiger partial charge in [0.15, 0.2) is 0 Å². The van der Waals surface area contributed by atoms with Gasteiger partial charge in [-0.1, -0.05) is 48.0 Å². The van der Waals surface area contributed by atoms with Gasteiger partial charge >= 0.3 is 6.09 Å². The van der Waals surface area contributed by atoms with Gasteiger partial charge < -0.3 is 14.2 Å². The fourth-order valence-corrected chi connectivity index (χ4v) is 6.73. The highest BCUT2D eigenvalue weighted by molar-refractivity contribution is 9.10. The van der Waals surface area contributed by atoms with Gasteiger partial charge in [-0.25, -0.2) is 9.78 Å². The summed E-state index contributed by atoms with van der Waals surface area (Å²) < 4.78 is 8.18. The Morgan fingerprint density at radius 2 is 1.93 bits per heavy atom. The lowest BCUT2D eigenvalue weighted by Gasteiger charge is -2.38. The summed E-state index contributed by atoms with van der Waals surface area (Å²) in [5.41, 5.74) is 6.54. The number of hydrogen-bond acceptors (Lipinski definition) is 5. The van der Waals surface area contributed by atoms with Crippen molar-refractivity contribution in [2.24, 2.45) is 0 Å². The number of likely N-dealkylation sites (tertiary alicyclic amines) is 1. The number of nitrogens with zero attached hydrogens (tertiary/aromatic N) is 5. The van der Waals surface area contributed by atoms with Gasteiger partial charge in [-0.05, 0) is 94.9 Å². The number of rotatable bonds is 8. The first-order valence-electron chi connectivity index (χ1n) is 15.5. The molecule has 1 aliphatic heterocycles. The summed E-state index contributed by atoms with van der Waals surface area (Å²) >= 11 is 9.52. The molecule has 2 aromatic carbocycles. The average molecular weight is 679 g/mol. The highest BCUT2D eigenvalue weighted by Gasteiger charge is 2.29. The van der Waals surface area contributed by atoms with E-state index in [-0.39, 0.29) is 12.1 Å². The van der Waals surface area contributed by atoms with Crippen LogP contribution in [0.5, 0.6) is 0 Å². The Balaban J connectivity index is 0.000000193. The second kappa shape index (κ2) is 16.2. The maximum absolute atomic E-state index is 12.2. The Kier molecular flexibility index (Phi) is 11.9. The third-order valence-electron chi connectivity index (χ3n) is 8.42. The van der Waals surface area contributed by atoms with Crippen molar-refractivity contribution in [3.63, 3.8) is 0 Å². The molecule has 6 rings (SSSR count). The van der Waals surface area contributed by atoms with E-state index in [2.05, 4.69) is 77.8 Å². The summed E-state index contributed by atoms with van der Waals surface area (Å²) in [5.74, 6) is 0. The zero-order chi connectivity index (χ0) is 30.7. The number of methoxy groups -OCH3 is 1. The number of amides is 1. The van der Waals surface area contributed by atoms with Gasteiger partial charge in [0.05, 0.1) is 13.4 Å². The van der Waals surface area contributed by atoms with Crippen molar-refractivity contribution in [3.8, 4) is 0 Å². The molecular formula is C35H41BrClN5O2. The highest BCUT2D eigenvalue weighted by atomic mass is 79.9. The molecule has 1 amide bonds. The van der Waals surface area contributed by atoms with Crippen LogP contribution in [0, 0.1) is 0 Å². The Morgan fingerprint density at radius 1 is 1.09 bits per heavy atom. The average Bonchev–Trinajstić information content (AvgIpc) is 3.50. The van der Waals surface area contributed by atoms with Crippen LogP contribution in [-0.2, 0) is 37.1 Å². The third-order valence-corrected chi connectivity index (χ3v) is 9.09. The lowest BCUT2D eigenvalue weighted by Crippen LogP contribution is -2.49. The highest BCUT2D eigenvalue weighted by Crippen LogP contribution is 2.27. The van der Waals surface area contributed by atoms with Crippen molar-refractivity contribution < 1.29 is 9.53 Å². The van der Waals surface area contributed by atoms with E-state index >= 15 is 0 Å². The van der Waals surface area contributed by atoms with E-state index < -0.39 is 0 Å². The molecule has 1 unspecified atom stereocenters. The molecule has 0 N–H and O–H groups in total. The third kappa shape index (κ3) is 9.16. The predicted octanol–water partition coefficient (Wildman–Crippen LogP) is 7.58. The summed E-state index contributed by atoms with van der Waals surface area (Å²) in [7, 11) is 1.47. The fourth-order valence-electron chi connectivity index (χ4n) is 6.15. The number of pyridine rings is 1. The van der Waals surface area contributed by atoms with Gasteiger partial charge in [-0.3, -0.25) is 9.88 Å². The summed E-state index contributed by atoms with van der Waals surface area (Å²) in [6.45, 7) is 4.52. The Hall–Kier alpha value is -3.20. The lowest BCUT2D eigenvalue weighted by atomic mass is 10.0. The van der Waals surface area contributed by atoms with E-state index in [1.807, 2.05) is 42.0 Å². The number of imidazole rings is 1. The van der Waals surface area contributed by atoms with Crippen LogP contribution in [0.1, 0.15) is 53.6 Å². The largest absolute Gasteiger partial charge is 0.453 e. The molecule has 2 aromatic heterocycles. The molecule has 44 heavy (non-hydrogen) atoms.